The Morgan fingerprint density at radius 1 is 0.357 bits per heavy atom. The number of pyridine rings is 1. The van der Waals surface area contributed by atoms with Gasteiger partial charge < -0.3 is 0 Å². The average Bonchev–Trinajstić information content (AvgIpc) is 3.08. The number of nitrogens with zero attached hydrogens (tertiary/aromatic N) is 3. The molecule has 196 valence electrons. The second kappa shape index (κ2) is 10.1. The van der Waals surface area contributed by atoms with E-state index in [1.165, 1.54) is 32.3 Å². The molecule has 8 rings (SSSR count). The summed E-state index contributed by atoms with van der Waals surface area (Å²) in [4.78, 5) is 14.5. The smallest absolute Gasteiger partial charge is 0.160 e. The monoisotopic (exact) mass is 535 g/mol. The fraction of sp³-hybridized carbons (Fsp3) is 0. The Hall–Kier alpha value is -5.67. The summed E-state index contributed by atoms with van der Waals surface area (Å²) >= 11 is 0. The first-order chi connectivity index (χ1) is 20.8. The standard InChI is InChI=1S/C39H25N3/c1-2-9-30(10-3-1)39-41-36(29-16-14-26(15-17-29)27-20-22-40-23-21-27)25-37(42-39)38-33-13-7-5-11-31(33)24-35-32-12-6-4-8-28(32)18-19-34(35)38/h1-25H. The maximum Gasteiger partial charge on any atom is 0.160 e. The van der Waals surface area contributed by atoms with Crippen LogP contribution in [0.25, 0.3) is 77.3 Å². The lowest BCUT2D eigenvalue weighted by atomic mass is 9.91. The van der Waals surface area contributed by atoms with Crippen molar-refractivity contribution in [3.05, 3.63) is 152 Å². The van der Waals surface area contributed by atoms with Gasteiger partial charge in [0.1, 0.15) is 0 Å². The van der Waals surface area contributed by atoms with Crippen LogP contribution in [0.4, 0.5) is 0 Å². The van der Waals surface area contributed by atoms with Gasteiger partial charge in [0.05, 0.1) is 11.4 Å². The molecular formula is C39H25N3. The van der Waals surface area contributed by atoms with E-state index < -0.39 is 0 Å². The van der Waals surface area contributed by atoms with E-state index in [-0.39, 0.29) is 0 Å². The summed E-state index contributed by atoms with van der Waals surface area (Å²) in [5, 5.41) is 7.26. The molecule has 42 heavy (non-hydrogen) atoms. The molecule has 0 bridgehead atoms. The third-order valence-electron chi connectivity index (χ3n) is 7.98. The summed E-state index contributed by atoms with van der Waals surface area (Å²) in [7, 11) is 0. The molecule has 0 spiro atoms. The molecular weight excluding hydrogens is 510 g/mol. The van der Waals surface area contributed by atoms with Crippen LogP contribution in [0.15, 0.2) is 152 Å². The number of aromatic nitrogens is 3. The molecule has 0 radical (unpaired) electrons. The van der Waals surface area contributed by atoms with Crippen molar-refractivity contribution in [2.24, 2.45) is 0 Å². The summed E-state index contributed by atoms with van der Waals surface area (Å²) < 4.78 is 0. The summed E-state index contributed by atoms with van der Waals surface area (Å²) in [6.07, 6.45) is 3.65. The Morgan fingerprint density at radius 3 is 1.81 bits per heavy atom. The highest BCUT2D eigenvalue weighted by Gasteiger charge is 2.17. The van der Waals surface area contributed by atoms with Crippen molar-refractivity contribution >= 4 is 32.3 Å². The van der Waals surface area contributed by atoms with Gasteiger partial charge in [-0.2, -0.15) is 0 Å². The fourth-order valence-electron chi connectivity index (χ4n) is 5.91. The minimum absolute atomic E-state index is 0.711. The summed E-state index contributed by atoms with van der Waals surface area (Å²) in [5.41, 5.74) is 7.25. The number of benzene rings is 6. The minimum Gasteiger partial charge on any atom is -0.265 e. The Balaban J connectivity index is 1.40. The van der Waals surface area contributed by atoms with E-state index in [1.54, 1.807) is 0 Å². The van der Waals surface area contributed by atoms with Crippen LogP contribution >= 0.6 is 0 Å². The highest BCUT2D eigenvalue weighted by Crippen LogP contribution is 2.40. The molecule has 0 aliphatic carbocycles. The van der Waals surface area contributed by atoms with E-state index in [0.29, 0.717) is 5.82 Å². The SMILES string of the molecule is c1ccc(-c2nc(-c3ccc(-c4ccncc4)cc3)cc(-c3c4ccccc4cc4c3ccc3ccccc34)n2)cc1. The van der Waals surface area contributed by atoms with Gasteiger partial charge in [0.2, 0.25) is 0 Å². The third kappa shape index (κ3) is 4.20. The zero-order chi connectivity index (χ0) is 27.9. The minimum atomic E-state index is 0.711. The molecule has 0 atom stereocenters. The van der Waals surface area contributed by atoms with E-state index >= 15 is 0 Å². The highest BCUT2D eigenvalue weighted by atomic mass is 14.9. The van der Waals surface area contributed by atoms with E-state index in [2.05, 4.69) is 114 Å². The lowest BCUT2D eigenvalue weighted by Crippen LogP contribution is -1.97. The average molecular weight is 536 g/mol. The van der Waals surface area contributed by atoms with Crippen LogP contribution in [0.1, 0.15) is 0 Å². The summed E-state index contributed by atoms with van der Waals surface area (Å²) in [6, 6.07) is 49.0. The van der Waals surface area contributed by atoms with Crippen molar-refractivity contribution in [2.45, 2.75) is 0 Å². The van der Waals surface area contributed by atoms with Crippen molar-refractivity contribution < 1.29 is 0 Å². The van der Waals surface area contributed by atoms with Gasteiger partial charge in [0.15, 0.2) is 5.82 Å². The van der Waals surface area contributed by atoms with E-state index in [4.69, 9.17) is 9.97 Å². The fourth-order valence-corrected chi connectivity index (χ4v) is 5.91. The van der Waals surface area contributed by atoms with E-state index in [9.17, 15) is 0 Å². The third-order valence-corrected chi connectivity index (χ3v) is 7.98. The molecule has 0 amide bonds. The topological polar surface area (TPSA) is 38.7 Å². The van der Waals surface area contributed by atoms with Crippen LogP contribution in [0.2, 0.25) is 0 Å². The van der Waals surface area contributed by atoms with Crippen molar-refractivity contribution in [3.8, 4) is 45.0 Å². The van der Waals surface area contributed by atoms with Crippen LogP contribution in [-0.2, 0) is 0 Å². The highest BCUT2D eigenvalue weighted by molar-refractivity contribution is 6.19. The lowest BCUT2D eigenvalue weighted by Gasteiger charge is -2.15. The van der Waals surface area contributed by atoms with Gasteiger partial charge in [-0.3, -0.25) is 4.98 Å². The van der Waals surface area contributed by atoms with Gasteiger partial charge in [0, 0.05) is 29.1 Å². The predicted molar refractivity (Wildman–Crippen MR) is 174 cm³/mol. The first-order valence-corrected chi connectivity index (χ1v) is 14.1. The van der Waals surface area contributed by atoms with Crippen molar-refractivity contribution in [3.63, 3.8) is 0 Å². The molecule has 2 aromatic heterocycles. The Labute approximate surface area is 243 Å². The molecule has 0 unspecified atom stereocenters. The van der Waals surface area contributed by atoms with Gasteiger partial charge in [0.25, 0.3) is 0 Å². The van der Waals surface area contributed by atoms with Crippen molar-refractivity contribution in [1.29, 1.82) is 0 Å². The van der Waals surface area contributed by atoms with Gasteiger partial charge in [-0.25, -0.2) is 9.97 Å². The maximum atomic E-state index is 5.23. The van der Waals surface area contributed by atoms with E-state index in [0.717, 1.165) is 39.2 Å². The normalized spacial score (nSPS) is 11.3. The molecule has 3 heteroatoms. The first-order valence-electron chi connectivity index (χ1n) is 14.1. The number of rotatable bonds is 4. The Morgan fingerprint density at radius 2 is 1.00 bits per heavy atom. The molecule has 0 aliphatic rings. The van der Waals surface area contributed by atoms with Crippen molar-refractivity contribution in [1.82, 2.24) is 15.0 Å². The number of fused-ring (bicyclic) bond motifs is 4. The molecule has 0 saturated heterocycles. The van der Waals surface area contributed by atoms with Crippen LogP contribution in [0.3, 0.4) is 0 Å². The molecule has 6 aromatic carbocycles. The molecule has 2 heterocycles. The quantitative estimate of drug-likeness (QED) is 0.166. The van der Waals surface area contributed by atoms with Gasteiger partial charge in [-0.15, -0.1) is 0 Å². The Bertz CT molecular complexity index is 2220. The van der Waals surface area contributed by atoms with Crippen LogP contribution < -0.4 is 0 Å². The van der Waals surface area contributed by atoms with Gasteiger partial charge in [-0.1, -0.05) is 115 Å². The van der Waals surface area contributed by atoms with E-state index in [1.807, 2.05) is 42.7 Å². The Kier molecular flexibility index (Phi) is 5.79. The van der Waals surface area contributed by atoms with Gasteiger partial charge in [-0.05, 0) is 67.7 Å². The summed E-state index contributed by atoms with van der Waals surface area (Å²) in [5.74, 6) is 0.711. The molecule has 8 aromatic rings. The second-order valence-electron chi connectivity index (χ2n) is 10.5. The zero-order valence-electron chi connectivity index (χ0n) is 22.8. The number of hydrogen-bond acceptors (Lipinski definition) is 3. The molecule has 0 aliphatic heterocycles. The lowest BCUT2D eigenvalue weighted by molar-refractivity contribution is 1.19. The zero-order valence-corrected chi connectivity index (χ0v) is 22.8. The second-order valence-corrected chi connectivity index (χ2v) is 10.5. The van der Waals surface area contributed by atoms with Gasteiger partial charge >= 0.3 is 0 Å². The van der Waals surface area contributed by atoms with Crippen molar-refractivity contribution in [2.75, 3.05) is 0 Å². The summed E-state index contributed by atoms with van der Waals surface area (Å²) in [6.45, 7) is 0. The van der Waals surface area contributed by atoms with Crippen LogP contribution in [0.5, 0.6) is 0 Å². The molecule has 0 saturated carbocycles. The molecule has 3 nitrogen and oxygen atoms in total. The molecule has 0 fully saturated rings. The number of hydrogen-bond donors (Lipinski definition) is 0. The first kappa shape index (κ1) is 24.2. The predicted octanol–water partition coefficient (Wildman–Crippen LogP) is 10.00. The van der Waals surface area contributed by atoms with Crippen LogP contribution in [-0.4, -0.2) is 15.0 Å². The molecule has 0 N–H and O–H groups in total. The maximum absolute atomic E-state index is 5.23. The van der Waals surface area contributed by atoms with Crippen LogP contribution in [0, 0.1) is 0 Å². The largest absolute Gasteiger partial charge is 0.265 e.